The molecule has 122 valence electrons. The van der Waals surface area contributed by atoms with E-state index in [1.807, 2.05) is 0 Å². The zero-order chi connectivity index (χ0) is 16.5. The van der Waals surface area contributed by atoms with Crippen LogP contribution in [0.2, 0.25) is 0 Å². The minimum absolute atomic E-state index is 0.0626. The van der Waals surface area contributed by atoms with E-state index in [2.05, 4.69) is 20.4 Å². The van der Waals surface area contributed by atoms with Gasteiger partial charge in [-0.05, 0) is 30.5 Å². The van der Waals surface area contributed by atoms with E-state index >= 15 is 0 Å². The summed E-state index contributed by atoms with van der Waals surface area (Å²) in [5.41, 5.74) is 1.03. The Morgan fingerprint density at radius 3 is 3.00 bits per heavy atom. The van der Waals surface area contributed by atoms with Crippen molar-refractivity contribution in [1.82, 2.24) is 25.0 Å². The van der Waals surface area contributed by atoms with E-state index in [0.29, 0.717) is 23.0 Å². The lowest BCUT2D eigenvalue weighted by molar-refractivity contribution is 0.0907. The maximum Gasteiger partial charge on any atom is 0.315 e. The average Bonchev–Trinajstić information content (AvgIpc) is 3.10. The normalized spacial score (nSPS) is 13.9. The molecule has 0 atom stereocenters. The molecule has 0 radical (unpaired) electrons. The minimum atomic E-state index is -0.464. The zero-order valence-electron chi connectivity index (χ0n) is 12.6. The highest BCUT2D eigenvalue weighted by atomic mass is 19.1. The molecular formula is C16H14FN5O2. The fourth-order valence-corrected chi connectivity index (χ4v) is 2.36. The van der Waals surface area contributed by atoms with Crippen molar-refractivity contribution in [2.45, 2.75) is 25.3 Å². The lowest BCUT2D eigenvalue weighted by atomic mass is 10.2. The maximum absolute atomic E-state index is 14.2. The number of hydrogen-bond donors (Lipinski definition) is 1. The van der Waals surface area contributed by atoms with E-state index < -0.39 is 11.7 Å². The first-order valence-electron chi connectivity index (χ1n) is 7.59. The summed E-state index contributed by atoms with van der Waals surface area (Å²) in [5.74, 6) is -0.0227. The fourth-order valence-electron chi connectivity index (χ4n) is 2.36. The van der Waals surface area contributed by atoms with Crippen LogP contribution in [0.3, 0.4) is 0 Å². The summed E-state index contributed by atoms with van der Waals surface area (Å²) in [7, 11) is 0. The Bertz CT molecular complexity index is 870. The molecule has 2 heterocycles. The highest BCUT2D eigenvalue weighted by molar-refractivity contribution is 5.89. The van der Waals surface area contributed by atoms with Crippen LogP contribution in [0, 0.1) is 5.82 Å². The molecule has 0 aliphatic heterocycles. The highest BCUT2D eigenvalue weighted by Crippen LogP contribution is 2.38. The number of hydrogen-bond acceptors (Lipinski definition) is 5. The van der Waals surface area contributed by atoms with Crippen molar-refractivity contribution in [2.75, 3.05) is 0 Å². The molecule has 3 aromatic rings. The summed E-state index contributed by atoms with van der Waals surface area (Å²) in [6.07, 6.45) is 6.82. The lowest BCUT2D eigenvalue weighted by Crippen LogP contribution is -2.23. The summed E-state index contributed by atoms with van der Waals surface area (Å²) < 4.78 is 20.7. The number of nitrogens with one attached hydrogen (secondary N) is 1. The van der Waals surface area contributed by atoms with Gasteiger partial charge >= 0.3 is 11.8 Å². The van der Waals surface area contributed by atoms with Gasteiger partial charge in [0.2, 0.25) is 0 Å². The molecule has 1 aliphatic carbocycles. The number of carbonyl (C=O) groups excluding carboxylic acids is 1. The minimum Gasteiger partial charge on any atom is -0.344 e. The van der Waals surface area contributed by atoms with Crippen LogP contribution < -0.4 is 5.32 Å². The van der Waals surface area contributed by atoms with Gasteiger partial charge in [-0.3, -0.25) is 4.79 Å². The molecule has 0 spiro atoms. The number of halogens is 1. The van der Waals surface area contributed by atoms with Crippen LogP contribution in [0.4, 0.5) is 4.39 Å². The van der Waals surface area contributed by atoms with Gasteiger partial charge in [-0.25, -0.2) is 9.37 Å². The van der Waals surface area contributed by atoms with Crippen LogP contribution in [0.25, 0.3) is 5.69 Å². The molecule has 8 heteroatoms. The number of rotatable bonds is 5. The van der Waals surface area contributed by atoms with Crippen LogP contribution in [0.5, 0.6) is 0 Å². The second kappa shape index (κ2) is 5.88. The Labute approximate surface area is 136 Å². The number of carbonyl (C=O) groups is 1. The zero-order valence-corrected chi connectivity index (χ0v) is 12.6. The first kappa shape index (κ1) is 14.6. The molecule has 1 fully saturated rings. The van der Waals surface area contributed by atoms with Crippen molar-refractivity contribution >= 4 is 5.91 Å². The van der Waals surface area contributed by atoms with Crippen molar-refractivity contribution in [1.29, 1.82) is 0 Å². The maximum atomic E-state index is 14.2. The predicted molar refractivity (Wildman–Crippen MR) is 81.0 cm³/mol. The Morgan fingerprint density at radius 1 is 1.42 bits per heavy atom. The van der Waals surface area contributed by atoms with Crippen molar-refractivity contribution < 1.29 is 13.7 Å². The van der Waals surface area contributed by atoms with Crippen molar-refractivity contribution in [3.63, 3.8) is 0 Å². The van der Waals surface area contributed by atoms with Gasteiger partial charge in [-0.15, -0.1) is 0 Å². The molecule has 24 heavy (non-hydrogen) atoms. The first-order valence-corrected chi connectivity index (χ1v) is 7.59. The van der Waals surface area contributed by atoms with E-state index in [9.17, 15) is 9.18 Å². The van der Waals surface area contributed by atoms with Gasteiger partial charge in [0.25, 0.3) is 0 Å². The van der Waals surface area contributed by atoms with E-state index in [4.69, 9.17) is 4.52 Å². The Hall–Kier alpha value is -3.03. The van der Waals surface area contributed by atoms with Gasteiger partial charge in [0.15, 0.2) is 5.82 Å². The van der Waals surface area contributed by atoms with E-state index in [-0.39, 0.29) is 12.4 Å². The molecule has 0 unspecified atom stereocenters. The van der Waals surface area contributed by atoms with Crippen LogP contribution in [-0.4, -0.2) is 25.6 Å². The SMILES string of the molecule is O=C(NCc1ccc(-n2ccnc2)c(F)c1)c1nc(C2CC2)no1. The third-order valence-electron chi connectivity index (χ3n) is 3.83. The summed E-state index contributed by atoms with van der Waals surface area (Å²) in [4.78, 5) is 20.0. The topological polar surface area (TPSA) is 85.8 Å². The Morgan fingerprint density at radius 2 is 2.29 bits per heavy atom. The standard InChI is InChI=1S/C16H14FN5O2/c17-12-7-10(1-4-13(12)22-6-5-18-9-22)8-19-15(23)16-20-14(21-24-16)11-2-3-11/h1,4-7,9,11H,2-3,8H2,(H,19,23). The second-order valence-corrected chi connectivity index (χ2v) is 5.67. The summed E-state index contributed by atoms with van der Waals surface area (Å²) in [5, 5.41) is 6.44. The van der Waals surface area contributed by atoms with Crippen LogP contribution >= 0.6 is 0 Å². The van der Waals surface area contributed by atoms with Crippen LogP contribution in [-0.2, 0) is 6.54 Å². The Kier molecular flexibility index (Phi) is 3.56. The highest BCUT2D eigenvalue weighted by Gasteiger charge is 2.29. The average molecular weight is 327 g/mol. The number of imidazole rings is 1. The van der Waals surface area contributed by atoms with Gasteiger partial charge in [-0.1, -0.05) is 11.2 Å². The fraction of sp³-hybridized carbons (Fsp3) is 0.250. The van der Waals surface area contributed by atoms with E-state index in [0.717, 1.165) is 12.8 Å². The number of benzene rings is 1. The van der Waals surface area contributed by atoms with Crippen LogP contribution in [0.15, 0.2) is 41.4 Å². The van der Waals surface area contributed by atoms with Crippen LogP contribution in [0.1, 0.15) is 40.8 Å². The van der Waals surface area contributed by atoms with Crippen molar-refractivity contribution in [3.8, 4) is 5.69 Å². The molecular weight excluding hydrogens is 313 g/mol. The molecule has 4 rings (SSSR count). The number of amides is 1. The molecule has 1 amide bonds. The second-order valence-electron chi connectivity index (χ2n) is 5.67. The van der Waals surface area contributed by atoms with E-state index in [1.165, 1.54) is 12.4 Å². The molecule has 1 N–H and O–H groups in total. The summed E-state index contributed by atoms with van der Waals surface area (Å²) in [6.45, 7) is 0.168. The third kappa shape index (κ3) is 2.90. The summed E-state index contributed by atoms with van der Waals surface area (Å²) in [6, 6.07) is 4.75. The number of nitrogens with zero attached hydrogens (tertiary/aromatic N) is 4. The lowest BCUT2D eigenvalue weighted by Gasteiger charge is -2.07. The van der Waals surface area contributed by atoms with Crippen molar-refractivity contribution in [3.05, 3.63) is 60.0 Å². The van der Waals surface area contributed by atoms with Gasteiger partial charge in [-0.2, -0.15) is 4.98 Å². The van der Waals surface area contributed by atoms with E-state index in [1.54, 1.807) is 29.1 Å². The van der Waals surface area contributed by atoms with Gasteiger partial charge in [0.1, 0.15) is 5.82 Å². The molecule has 2 aromatic heterocycles. The molecule has 1 saturated carbocycles. The Balaban J connectivity index is 1.41. The molecule has 0 saturated heterocycles. The van der Waals surface area contributed by atoms with Crippen molar-refractivity contribution in [2.24, 2.45) is 0 Å². The quantitative estimate of drug-likeness (QED) is 0.776. The molecule has 0 bridgehead atoms. The monoisotopic (exact) mass is 327 g/mol. The first-order chi connectivity index (χ1) is 11.7. The molecule has 7 nitrogen and oxygen atoms in total. The smallest absolute Gasteiger partial charge is 0.315 e. The predicted octanol–water partition coefficient (Wildman–Crippen LogP) is 2.20. The van der Waals surface area contributed by atoms with Gasteiger partial charge in [0.05, 0.1) is 12.0 Å². The number of aromatic nitrogens is 4. The summed E-state index contributed by atoms with van der Waals surface area (Å²) >= 11 is 0. The van der Waals surface area contributed by atoms with Gasteiger partial charge < -0.3 is 14.4 Å². The largest absolute Gasteiger partial charge is 0.344 e. The molecule has 1 aromatic carbocycles. The molecule has 1 aliphatic rings. The third-order valence-corrected chi connectivity index (χ3v) is 3.83. The van der Waals surface area contributed by atoms with Gasteiger partial charge in [0, 0.05) is 24.9 Å².